The van der Waals surface area contributed by atoms with Crippen LogP contribution in [0.25, 0.3) is 0 Å². The second-order valence-electron chi connectivity index (χ2n) is 8.11. The van der Waals surface area contributed by atoms with Crippen LogP contribution < -0.4 is 11.1 Å². The zero-order valence-corrected chi connectivity index (χ0v) is 22.8. The van der Waals surface area contributed by atoms with Gasteiger partial charge in [0.2, 0.25) is 5.16 Å². The lowest BCUT2D eigenvalue weighted by molar-refractivity contribution is -0.150. The van der Waals surface area contributed by atoms with E-state index in [1.54, 1.807) is 27.9 Å². The molecule has 2 fully saturated rings. The van der Waals surface area contributed by atoms with Crippen molar-refractivity contribution in [2.24, 2.45) is 5.16 Å². The fourth-order valence-electron chi connectivity index (χ4n) is 3.70. The van der Waals surface area contributed by atoms with Gasteiger partial charge in [0, 0.05) is 28.4 Å². The van der Waals surface area contributed by atoms with Crippen LogP contribution in [0.5, 0.6) is 0 Å². The van der Waals surface area contributed by atoms with Gasteiger partial charge in [-0.25, -0.2) is 14.5 Å². The van der Waals surface area contributed by atoms with Crippen LogP contribution in [-0.2, 0) is 25.8 Å². The monoisotopic (exact) mass is 595 g/mol. The van der Waals surface area contributed by atoms with Crippen LogP contribution >= 0.6 is 46.6 Å². The number of nitrogen functional groups attached to an aromatic ring is 1. The third-order valence-electron chi connectivity index (χ3n) is 5.59. The molecule has 0 aromatic carbocycles. The Hall–Kier alpha value is -3.09. The maximum Gasteiger partial charge on any atom is 0.352 e. The van der Waals surface area contributed by atoms with Crippen molar-refractivity contribution in [1.82, 2.24) is 35.4 Å². The molecule has 2 amide bonds. The number of allylic oxidation sites excluding steroid dienone is 1. The summed E-state index contributed by atoms with van der Waals surface area (Å²) in [5, 5.41) is 29.8. The Balaban J connectivity index is 1.29. The standard InChI is InChI=1S/C20H21N9O5S4/c1-2-3-28-20(24-26-27-28)38-5-9-4-36-17-13(16(31)29(17)14(9)18(32)33)23-15(30)12(11-8-37-19(21)22-11)25-34-10-6-35-7-10/h2,8,10,13,17H,1,3-7H2,(H2,21,22)(H,23,30)(H,32,33)/t13?,17-/m1/s1. The molecule has 1 unspecified atom stereocenters. The van der Waals surface area contributed by atoms with Gasteiger partial charge in [-0.2, -0.15) is 11.8 Å². The lowest BCUT2D eigenvalue weighted by atomic mass is 10.0. The third-order valence-corrected chi connectivity index (χ3v) is 9.87. The van der Waals surface area contributed by atoms with Crippen LogP contribution in [0.3, 0.4) is 0 Å². The van der Waals surface area contributed by atoms with Gasteiger partial charge >= 0.3 is 5.97 Å². The van der Waals surface area contributed by atoms with E-state index in [4.69, 9.17) is 10.6 Å². The van der Waals surface area contributed by atoms with E-state index in [-0.39, 0.29) is 34.1 Å². The fourth-order valence-corrected chi connectivity index (χ4v) is 7.16. The van der Waals surface area contributed by atoms with Crippen molar-refractivity contribution in [3.8, 4) is 0 Å². The molecule has 2 atom stereocenters. The van der Waals surface area contributed by atoms with Gasteiger partial charge < -0.3 is 21.0 Å². The number of nitrogens with two attached hydrogens (primary N) is 1. The number of aromatic nitrogens is 5. The number of carboxylic acids is 1. The first-order valence-corrected chi connectivity index (χ1v) is 15.2. The lowest BCUT2D eigenvalue weighted by Crippen LogP contribution is -2.71. The quantitative estimate of drug-likeness (QED) is 0.106. The van der Waals surface area contributed by atoms with E-state index in [0.717, 1.165) is 22.8 Å². The molecular formula is C20H21N9O5S4. The number of thiazole rings is 1. The Morgan fingerprint density at radius 1 is 1.42 bits per heavy atom. The Bertz CT molecular complexity index is 1340. The molecule has 3 aliphatic rings. The Kier molecular flexibility index (Phi) is 7.91. The predicted molar refractivity (Wildman–Crippen MR) is 144 cm³/mol. The summed E-state index contributed by atoms with van der Waals surface area (Å²) in [5.41, 5.74) is 6.34. The summed E-state index contributed by atoms with van der Waals surface area (Å²) < 4.78 is 1.54. The number of amides is 2. The van der Waals surface area contributed by atoms with Crippen LogP contribution in [0.1, 0.15) is 5.69 Å². The van der Waals surface area contributed by atoms with Gasteiger partial charge in [0.05, 0.1) is 6.54 Å². The molecule has 200 valence electrons. The Labute approximate surface area is 232 Å². The summed E-state index contributed by atoms with van der Waals surface area (Å²) in [6.07, 6.45) is 1.55. The minimum absolute atomic E-state index is 0.0912. The summed E-state index contributed by atoms with van der Waals surface area (Å²) in [5.74, 6) is -0.247. The van der Waals surface area contributed by atoms with Gasteiger partial charge in [0.15, 0.2) is 10.8 Å². The van der Waals surface area contributed by atoms with Crippen molar-refractivity contribution in [2.45, 2.75) is 29.2 Å². The van der Waals surface area contributed by atoms with Crippen molar-refractivity contribution >= 4 is 75.2 Å². The van der Waals surface area contributed by atoms with E-state index in [2.05, 4.69) is 37.6 Å². The highest BCUT2D eigenvalue weighted by atomic mass is 32.2. The molecule has 5 heterocycles. The first kappa shape index (κ1) is 26.5. The minimum atomic E-state index is -1.22. The second-order valence-corrected chi connectivity index (χ2v) is 12.1. The molecule has 14 nitrogen and oxygen atoms in total. The maximum absolute atomic E-state index is 13.2. The number of nitrogens with one attached hydrogen (secondary N) is 1. The van der Waals surface area contributed by atoms with Crippen LogP contribution in [0.4, 0.5) is 5.13 Å². The number of carbonyl (C=O) groups excluding carboxylic acids is 2. The number of hydrogen-bond donors (Lipinski definition) is 3. The van der Waals surface area contributed by atoms with E-state index in [9.17, 15) is 19.5 Å². The number of rotatable bonds is 11. The molecule has 0 saturated carbocycles. The summed E-state index contributed by atoms with van der Waals surface area (Å²) in [6.45, 7) is 4.07. The molecular weight excluding hydrogens is 575 g/mol. The molecule has 2 saturated heterocycles. The zero-order chi connectivity index (χ0) is 26.8. The van der Waals surface area contributed by atoms with Crippen LogP contribution in [0.15, 0.2) is 39.6 Å². The average molecular weight is 596 g/mol. The zero-order valence-electron chi connectivity index (χ0n) is 19.6. The van der Waals surface area contributed by atoms with Crippen LogP contribution in [0, 0.1) is 0 Å². The topological polar surface area (TPSA) is 191 Å². The molecule has 2 aromatic rings. The molecule has 38 heavy (non-hydrogen) atoms. The summed E-state index contributed by atoms with van der Waals surface area (Å²) in [7, 11) is 0. The second kappa shape index (κ2) is 11.3. The van der Waals surface area contributed by atoms with E-state index in [1.807, 2.05) is 0 Å². The normalized spacial score (nSPS) is 21.4. The first-order valence-electron chi connectivity index (χ1n) is 11.1. The van der Waals surface area contributed by atoms with Gasteiger partial charge in [-0.1, -0.05) is 23.0 Å². The van der Waals surface area contributed by atoms with Crippen molar-refractivity contribution in [3.63, 3.8) is 0 Å². The number of aliphatic carboxylic acids is 1. The Morgan fingerprint density at radius 3 is 2.89 bits per heavy atom. The summed E-state index contributed by atoms with van der Waals surface area (Å²) in [4.78, 5) is 49.2. The molecule has 0 bridgehead atoms. The van der Waals surface area contributed by atoms with Crippen LogP contribution in [0.2, 0.25) is 0 Å². The smallest absolute Gasteiger partial charge is 0.352 e. The SMILES string of the molecule is C=CCn1nnnc1SCC1=C(C(=O)O)N2C(=O)C(NC(=O)C(=NOC3CSC3)c3csc(N)n3)[C@H]2SC1. The molecule has 0 spiro atoms. The molecule has 2 aromatic heterocycles. The number of fused-ring (bicyclic) bond motifs is 1. The molecule has 0 aliphatic carbocycles. The number of tetrazole rings is 1. The number of carboxylic acid groups (broad SMARTS) is 1. The van der Waals surface area contributed by atoms with Gasteiger partial charge in [-0.05, 0) is 16.0 Å². The van der Waals surface area contributed by atoms with Crippen LogP contribution in [-0.4, -0.2) is 99.2 Å². The minimum Gasteiger partial charge on any atom is -0.477 e. The van der Waals surface area contributed by atoms with Crippen molar-refractivity contribution in [2.75, 3.05) is 28.7 Å². The molecule has 0 radical (unpaired) electrons. The number of hydrogen-bond acceptors (Lipinski definition) is 14. The van der Waals surface area contributed by atoms with Crippen molar-refractivity contribution in [3.05, 3.63) is 35.0 Å². The third kappa shape index (κ3) is 5.25. The van der Waals surface area contributed by atoms with Gasteiger partial charge in [-0.15, -0.1) is 34.8 Å². The summed E-state index contributed by atoms with van der Waals surface area (Å²) >= 11 is 5.48. The molecule has 5 rings (SSSR count). The highest BCUT2D eigenvalue weighted by molar-refractivity contribution is 8.01. The molecule has 3 aliphatic heterocycles. The predicted octanol–water partition coefficient (Wildman–Crippen LogP) is 0.265. The fraction of sp³-hybridized carbons (Fsp3) is 0.400. The number of thioether (sulfide) groups is 3. The van der Waals surface area contributed by atoms with E-state index in [1.165, 1.54) is 28.4 Å². The number of carbonyl (C=O) groups is 3. The highest BCUT2D eigenvalue weighted by Crippen LogP contribution is 2.41. The van der Waals surface area contributed by atoms with E-state index in [0.29, 0.717) is 23.0 Å². The largest absolute Gasteiger partial charge is 0.477 e. The number of oxime groups is 1. The maximum atomic E-state index is 13.2. The van der Waals surface area contributed by atoms with Gasteiger partial charge in [0.1, 0.15) is 28.9 Å². The molecule has 4 N–H and O–H groups in total. The Morgan fingerprint density at radius 2 is 2.24 bits per heavy atom. The first-order chi connectivity index (χ1) is 18.4. The lowest BCUT2D eigenvalue weighted by Gasteiger charge is -2.49. The number of anilines is 1. The van der Waals surface area contributed by atoms with Crippen molar-refractivity contribution < 1.29 is 24.3 Å². The van der Waals surface area contributed by atoms with Crippen molar-refractivity contribution in [1.29, 1.82) is 0 Å². The van der Waals surface area contributed by atoms with Gasteiger partial charge in [-0.3, -0.25) is 14.5 Å². The summed E-state index contributed by atoms with van der Waals surface area (Å²) in [6, 6.07) is -0.934. The average Bonchev–Trinajstić information content (AvgIpc) is 3.50. The van der Waals surface area contributed by atoms with E-state index >= 15 is 0 Å². The van der Waals surface area contributed by atoms with Gasteiger partial charge in [0.25, 0.3) is 11.8 Å². The molecule has 18 heteroatoms. The number of β-lactam (4-membered cyclic amide) rings is 1. The van der Waals surface area contributed by atoms with E-state index < -0.39 is 29.2 Å². The highest BCUT2D eigenvalue weighted by Gasteiger charge is 2.54. The number of nitrogens with zero attached hydrogens (tertiary/aromatic N) is 7.